The molecule has 0 bridgehead atoms. The fourth-order valence-electron chi connectivity index (χ4n) is 5.85. The van der Waals surface area contributed by atoms with Gasteiger partial charge in [0.1, 0.15) is 11.8 Å². The van der Waals surface area contributed by atoms with Crippen LogP contribution in [-0.2, 0) is 9.53 Å². The van der Waals surface area contributed by atoms with E-state index in [-0.39, 0.29) is 29.7 Å². The molecule has 1 aromatic heterocycles. The van der Waals surface area contributed by atoms with Crippen LogP contribution in [0.2, 0.25) is 0 Å². The van der Waals surface area contributed by atoms with Crippen molar-refractivity contribution in [2.24, 2.45) is 11.3 Å². The fraction of sp³-hybridized carbons (Fsp3) is 0.500. The summed E-state index contributed by atoms with van der Waals surface area (Å²) in [7, 11) is 1.57. The number of alkyl halides is 3. The number of amides is 1. The van der Waals surface area contributed by atoms with E-state index in [4.69, 9.17) is 9.72 Å². The number of carbonyl (C=O) groups excluding carboxylic acids is 2. The average Bonchev–Trinajstić information content (AvgIpc) is 3.23. The van der Waals surface area contributed by atoms with E-state index in [0.29, 0.717) is 28.6 Å². The minimum absolute atomic E-state index is 0.0654. The summed E-state index contributed by atoms with van der Waals surface area (Å²) in [5, 5.41) is 3.27. The molecule has 2 aromatic carbocycles. The summed E-state index contributed by atoms with van der Waals surface area (Å²) in [6.07, 6.45) is -1.90. The number of carbonyl (C=O) groups is 2. The van der Waals surface area contributed by atoms with Gasteiger partial charge in [0.15, 0.2) is 0 Å². The van der Waals surface area contributed by atoms with Gasteiger partial charge in [-0.25, -0.2) is 9.78 Å². The third kappa shape index (κ3) is 7.12. The largest absolute Gasteiger partial charge is 0.573 e. The number of halogens is 3. The number of aromatic nitrogens is 2. The first-order valence-corrected chi connectivity index (χ1v) is 13.8. The zero-order chi connectivity index (χ0) is 30.1. The molecule has 1 fully saturated rings. The van der Waals surface area contributed by atoms with Crippen LogP contribution in [-0.4, -0.2) is 52.4 Å². The Morgan fingerprint density at radius 1 is 1.17 bits per heavy atom. The summed E-state index contributed by atoms with van der Waals surface area (Å²) in [5.41, 5.74) is 2.44. The highest BCUT2D eigenvalue weighted by atomic mass is 19.4. The number of rotatable bonds is 8. The van der Waals surface area contributed by atoms with E-state index >= 15 is 0 Å². The summed E-state index contributed by atoms with van der Waals surface area (Å²) in [5.74, 6) is -0.145. The van der Waals surface area contributed by atoms with Gasteiger partial charge in [0.2, 0.25) is 5.95 Å². The molecule has 0 radical (unpaired) electrons. The summed E-state index contributed by atoms with van der Waals surface area (Å²) in [6.45, 7) is 10.3. The lowest BCUT2D eigenvalue weighted by molar-refractivity contribution is -0.274. The van der Waals surface area contributed by atoms with E-state index in [2.05, 4.69) is 35.4 Å². The third-order valence-corrected chi connectivity index (χ3v) is 7.54. The second kappa shape index (κ2) is 11.6. The lowest BCUT2D eigenvalue weighted by Gasteiger charge is -2.40. The van der Waals surface area contributed by atoms with Gasteiger partial charge in [-0.15, -0.1) is 13.2 Å². The second-order valence-electron chi connectivity index (χ2n) is 11.6. The number of ether oxygens (including phenoxy) is 2. The van der Waals surface area contributed by atoms with Crippen LogP contribution in [0.4, 0.5) is 24.8 Å². The Morgan fingerprint density at radius 3 is 2.46 bits per heavy atom. The maximum absolute atomic E-state index is 13.4. The molecule has 1 aliphatic rings. The first kappa shape index (κ1) is 30.2. The van der Waals surface area contributed by atoms with Gasteiger partial charge in [-0.05, 0) is 86.9 Å². The van der Waals surface area contributed by atoms with Gasteiger partial charge >= 0.3 is 12.3 Å². The molecule has 1 saturated carbocycles. The van der Waals surface area contributed by atoms with Crippen LogP contribution in [0.25, 0.3) is 11.0 Å². The van der Waals surface area contributed by atoms with Crippen LogP contribution in [0.5, 0.6) is 5.75 Å². The first-order chi connectivity index (χ1) is 19.2. The molecule has 0 unspecified atom stereocenters. The standard InChI is InChI=1S/C30H37F3N4O4/c1-7-40-27(39)19(3)36(6)26(38)20-8-13-24-25(15-20)37(22-14-18(2)16-29(4,5)17-22)28(35-24)34-21-9-11-23(12-10-21)41-30(31,32)33/h8-13,15,18-19,22H,7,14,16-17H2,1-6H3,(H,34,35)/t18-,19+,22+/m0/s1. The van der Waals surface area contributed by atoms with E-state index in [1.807, 2.05) is 0 Å². The predicted molar refractivity (Wildman–Crippen MR) is 150 cm³/mol. The number of hydrogen-bond donors (Lipinski definition) is 1. The van der Waals surface area contributed by atoms with Gasteiger partial charge in [0.05, 0.1) is 17.6 Å². The lowest BCUT2D eigenvalue weighted by Crippen LogP contribution is -2.41. The van der Waals surface area contributed by atoms with E-state index in [1.54, 1.807) is 39.1 Å². The Kier molecular flexibility index (Phi) is 8.56. The number of anilines is 2. The molecule has 0 spiro atoms. The molecule has 11 heteroatoms. The zero-order valence-corrected chi connectivity index (χ0v) is 24.2. The molecule has 4 rings (SSSR count). The minimum Gasteiger partial charge on any atom is -0.464 e. The zero-order valence-electron chi connectivity index (χ0n) is 24.2. The molecule has 1 N–H and O–H groups in total. The molecule has 1 heterocycles. The number of esters is 1. The highest BCUT2D eigenvalue weighted by molar-refractivity contribution is 5.99. The van der Waals surface area contributed by atoms with Gasteiger partial charge in [-0.1, -0.05) is 20.8 Å². The normalized spacial score (nSPS) is 19.4. The smallest absolute Gasteiger partial charge is 0.464 e. The third-order valence-electron chi connectivity index (χ3n) is 7.54. The second-order valence-corrected chi connectivity index (χ2v) is 11.6. The number of likely N-dealkylation sites (N-methyl/N-ethyl adjacent to an activating group) is 1. The van der Waals surface area contributed by atoms with Crippen molar-refractivity contribution in [3.05, 3.63) is 48.0 Å². The van der Waals surface area contributed by atoms with Crippen molar-refractivity contribution in [1.82, 2.24) is 14.5 Å². The number of benzene rings is 2. The average molecular weight is 575 g/mol. The maximum Gasteiger partial charge on any atom is 0.573 e. The summed E-state index contributed by atoms with van der Waals surface area (Å²) >= 11 is 0. The highest BCUT2D eigenvalue weighted by Gasteiger charge is 2.35. The molecule has 1 aliphatic carbocycles. The van der Waals surface area contributed by atoms with Crippen LogP contribution in [0.1, 0.15) is 70.3 Å². The molecule has 222 valence electrons. The molecular weight excluding hydrogens is 537 g/mol. The van der Waals surface area contributed by atoms with Crippen LogP contribution < -0.4 is 10.1 Å². The molecule has 3 atom stereocenters. The van der Waals surface area contributed by atoms with Gasteiger partial charge < -0.3 is 24.3 Å². The molecule has 1 amide bonds. The lowest BCUT2D eigenvalue weighted by atomic mass is 9.70. The fourth-order valence-corrected chi connectivity index (χ4v) is 5.85. The van der Waals surface area contributed by atoms with E-state index in [1.165, 1.54) is 29.2 Å². The number of nitrogens with one attached hydrogen (secondary N) is 1. The number of nitrogens with zero attached hydrogens (tertiary/aromatic N) is 3. The maximum atomic E-state index is 13.4. The Morgan fingerprint density at radius 2 is 1.85 bits per heavy atom. The van der Waals surface area contributed by atoms with Crippen molar-refractivity contribution in [2.45, 2.75) is 72.3 Å². The Balaban J connectivity index is 1.73. The van der Waals surface area contributed by atoms with E-state index in [9.17, 15) is 22.8 Å². The SMILES string of the molecule is CCOC(=O)[C@@H](C)N(C)C(=O)c1ccc2nc(Nc3ccc(OC(F)(F)F)cc3)n([C@@H]3C[C@H](C)CC(C)(C)C3)c2c1. The Bertz CT molecular complexity index is 1400. The number of fused-ring (bicyclic) bond motifs is 1. The van der Waals surface area contributed by atoms with Crippen molar-refractivity contribution in [1.29, 1.82) is 0 Å². The number of hydrogen-bond acceptors (Lipinski definition) is 6. The van der Waals surface area contributed by atoms with Gasteiger partial charge in [-0.2, -0.15) is 0 Å². The monoisotopic (exact) mass is 574 g/mol. The quantitative estimate of drug-likeness (QED) is 0.289. The summed E-state index contributed by atoms with van der Waals surface area (Å²) < 4.78 is 49.0. The molecule has 3 aromatic rings. The van der Waals surface area contributed by atoms with Gasteiger partial charge in [-0.3, -0.25) is 4.79 Å². The van der Waals surface area contributed by atoms with Crippen molar-refractivity contribution in [3.8, 4) is 5.75 Å². The summed E-state index contributed by atoms with van der Waals surface area (Å²) in [4.78, 5) is 31.8. The van der Waals surface area contributed by atoms with Crippen LogP contribution in [0, 0.1) is 11.3 Å². The minimum atomic E-state index is -4.77. The Hall–Kier alpha value is -3.76. The Labute approximate surface area is 237 Å². The van der Waals surface area contributed by atoms with Crippen molar-refractivity contribution in [3.63, 3.8) is 0 Å². The van der Waals surface area contributed by atoms with Crippen molar-refractivity contribution >= 4 is 34.5 Å². The molecule has 8 nitrogen and oxygen atoms in total. The van der Waals surface area contributed by atoms with Gasteiger partial charge in [0.25, 0.3) is 5.91 Å². The van der Waals surface area contributed by atoms with E-state index in [0.717, 1.165) is 24.8 Å². The molecule has 0 saturated heterocycles. The van der Waals surface area contributed by atoms with Crippen molar-refractivity contribution in [2.75, 3.05) is 19.0 Å². The number of imidazole rings is 1. The van der Waals surface area contributed by atoms with Crippen LogP contribution in [0.3, 0.4) is 0 Å². The van der Waals surface area contributed by atoms with Crippen LogP contribution >= 0.6 is 0 Å². The predicted octanol–water partition coefficient (Wildman–Crippen LogP) is 7.09. The first-order valence-electron chi connectivity index (χ1n) is 13.8. The molecule has 41 heavy (non-hydrogen) atoms. The highest BCUT2D eigenvalue weighted by Crippen LogP contribution is 2.46. The van der Waals surface area contributed by atoms with Gasteiger partial charge in [0, 0.05) is 24.3 Å². The topological polar surface area (TPSA) is 85.7 Å². The molecular formula is C30H37F3N4O4. The van der Waals surface area contributed by atoms with Crippen LogP contribution in [0.15, 0.2) is 42.5 Å². The van der Waals surface area contributed by atoms with Crippen molar-refractivity contribution < 1.29 is 32.2 Å². The summed E-state index contributed by atoms with van der Waals surface area (Å²) in [6, 6.07) is 10.0. The molecule has 0 aliphatic heterocycles. The van der Waals surface area contributed by atoms with E-state index < -0.39 is 18.4 Å².